The molecule has 1 amide bonds. The number of carbonyl (C=O) groups excluding carboxylic acids is 1. The molecule has 0 aliphatic rings. The number of hydrogen-bond acceptors (Lipinski definition) is 2. The number of nitrogens with one attached hydrogen (secondary N) is 1. The van der Waals surface area contributed by atoms with Crippen LogP contribution in [0.3, 0.4) is 0 Å². The van der Waals surface area contributed by atoms with E-state index in [1.54, 1.807) is 6.21 Å². The number of carbonyl (C=O) groups is 1. The lowest BCUT2D eigenvalue weighted by molar-refractivity contribution is -0.117. The van der Waals surface area contributed by atoms with E-state index < -0.39 is 0 Å². The standard InChI is InChI=1S/C9H13ClN2O/c1-4-7(2)6-11-8(3)12-9(13)5-10/h4,6H,3,5H2,1-2H3,(H,12,13)/b7-4-,11-6-. The van der Waals surface area contributed by atoms with E-state index in [0.29, 0.717) is 5.82 Å². The minimum Gasteiger partial charge on any atom is -0.310 e. The highest BCUT2D eigenvalue weighted by atomic mass is 35.5. The van der Waals surface area contributed by atoms with Gasteiger partial charge in [0.15, 0.2) is 0 Å². The van der Waals surface area contributed by atoms with Crippen LogP contribution in [0, 0.1) is 0 Å². The fraction of sp³-hybridized carbons (Fsp3) is 0.333. The van der Waals surface area contributed by atoms with Gasteiger partial charge < -0.3 is 5.32 Å². The highest BCUT2D eigenvalue weighted by molar-refractivity contribution is 6.27. The second-order valence-corrected chi connectivity index (χ2v) is 2.69. The topological polar surface area (TPSA) is 41.5 Å². The van der Waals surface area contributed by atoms with Crippen molar-refractivity contribution in [2.45, 2.75) is 13.8 Å². The Labute approximate surface area is 83.2 Å². The first kappa shape index (κ1) is 11.9. The minimum atomic E-state index is -0.304. The largest absolute Gasteiger partial charge is 0.310 e. The summed E-state index contributed by atoms with van der Waals surface area (Å²) in [6.07, 6.45) is 3.52. The van der Waals surface area contributed by atoms with E-state index in [1.807, 2.05) is 19.9 Å². The molecule has 0 saturated heterocycles. The predicted octanol–water partition coefficient (Wildman–Crippen LogP) is 1.85. The van der Waals surface area contributed by atoms with Gasteiger partial charge in [-0.3, -0.25) is 4.79 Å². The summed E-state index contributed by atoms with van der Waals surface area (Å²) in [5, 5.41) is 2.42. The highest BCUT2D eigenvalue weighted by Gasteiger charge is 1.97. The molecule has 13 heavy (non-hydrogen) atoms. The quantitative estimate of drug-likeness (QED) is 0.546. The molecule has 0 saturated carbocycles. The van der Waals surface area contributed by atoms with Gasteiger partial charge in [0.1, 0.15) is 11.7 Å². The lowest BCUT2D eigenvalue weighted by atomic mass is 10.3. The number of hydrogen-bond donors (Lipinski definition) is 1. The van der Waals surface area contributed by atoms with Gasteiger partial charge in [-0.25, -0.2) is 4.99 Å². The number of amides is 1. The lowest BCUT2D eigenvalue weighted by Gasteiger charge is -1.99. The van der Waals surface area contributed by atoms with Crippen LogP contribution < -0.4 is 5.32 Å². The number of allylic oxidation sites excluding steroid dienone is 2. The fourth-order valence-electron chi connectivity index (χ4n) is 0.481. The molecular weight excluding hydrogens is 188 g/mol. The van der Waals surface area contributed by atoms with E-state index in [2.05, 4.69) is 16.9 Å². The summed E-state index contributed by atoms with van der Waals surface area (Å²) in [6, 6.07) is 0. The normalized spacial score (nSPS) is 11.8. The van der Waals surface area contributed by atoms with Crippen LogP contribution in [0.25, 0.3) is 0 Å². The molecule has 0 rings (SSSR count). The monoisotopic (exact) mass is 200 g/mol. The Hall–Kier alpha value is -1.09. The van der Waals surface area contributed by atoms with E-state index in [4.69, 9.17) is 11.6 Å². The van der Waals surface area contributed by atoms with E-state index in [1.165, 1.54) is 0 Å². The Bertz CT molecular complexity index is 256. The van der Waals surface area contributed by atoms with Gasteiger partial charge in [-0.15, -0.1) is 11.6 Å². The molecule has 0 aromatic carbocycles. The van der Waals surface area contributed by atoms with Crippen LogP contribution in [0.5, 0.6) is 0 Å². The number of nitrogens with zero attached hydrogens (tertiary/aromatic N) is 1. The molecule has 0 aliphatic carbocycles. The van der Waals surface area contributed by atoms with Crippen LogP contribution in [0.2, 0.25) is 0 Å². The summed E-state index contributed by atoms with van der Waals surface area (Å²) in [5.74, 6) is -0.0919. The maximum absolute atomic E-state index is 10.7. The molecule has 0 radical (unpaired) electrons. The Morgan fingerprint density at radius 2 is 2.31 bits per heavy atom. The van der Waals surface area contributed by atoms with Crippen LogP contribution in [0.15, 0.2) is 29.0 Å². The Morgan fingerprint density at radius 3 is 2.77 bits per heavy atom. The molecule has 1 N–H and O–H groups in total. The smallest absolute Gasteiger partial charge is 0.240 e. The van der Waals surface area contributed by atoms with Crippen LogP contribution in [0.1, 0.15) is 13.8 Å². The Morgan fingerprint density at radius 1 is 1.69 bits per heavy atom. The van der Waals surface area contributed by atoms with Crippen molar-refractivity contribution in [2.75, 3.05) is 5.88 Å². The van der Waals surface area contributed by atoms with Gasteiger partial charge in [-0.05, 0) is 19.4 Å². The third-order valence-corrected chi connectivity index (χ3v) is 1.53. The number of alkyl halides is 1. The van der Waals surface area contributed by atoms with Crippen molar-refractivity contribution >= 4 is 23.7 Å². The Balaban J connectivity index is 4.02. The summed E-state index contributed by atoms with van der Waals surface area (Å²) in [7, 11) is 0. The second kappa shape index (κ2) is 6.43. The molecule has 0 spiro atoms. The zero-order valence-electron chi connectivity index (χ0n) is 7.80. The molecule has 0 heterocycles. The average Bonchev–Trinajstić information content (AvgIpc) is 2.13. The van der Waals surface area contributed by atoms with E-state index in [0.717, 1.165) is 5.57 Å². The molecule has 0 bridgehead atoms. The van der Waals surface area contributed by atoms with Crippen LogP contribution >= 0.6 is 11.6 Å². The summed E-state index contributed by atoms with van der Waals surface area (Å²) >= 11 is 5.27. The highest BCUT2D eigenvalue weighted by Crippen LogP contribution is 1.91. The zero-order valence-corrected chi connectivity index (χ0v) is 8.56. The first-order valence-corrected chi connectivity index (χ1v) is 4.35. The second-order valence-electron chi connectivity index (χ2n) is 2.42. The molecule has 0 aromatic heterocycles. The SMILES string of the molecule is C=C(/N=C\C(C)=C/C)NC(=O)CCl. The number of aliphatic imine (C=N–C) groups is 1. The number of rotatable bonds is 4. The third-order valence-electron chi connectivity index (χ3n) is 1.28. The summed E-state index contributed by atoms with van der Waals surface area (Å²) in [4.78, 5) is 14.6. The fourth-order valence-corrected chi connectivity index (χ4v) is 0.548. The van der Waals surface area contributed by atoms with Crippen molar-refractivity contribution in [3.05, 3.63) is 24.0 Å². The molecule has 0 fully saturated rings. The molecule has 3 nitrogen and oxygen atoms in total. The van der Waals surface area contributed by atoms with E-state index in [-0.39, 0.29) is 11.8 Å². The molecule has 0 aromatic rings. The molecular formula is C9H13ClN2O. The maximum atomic E-state index is 10.7. The number of halogens is 1. The first-order chi connectivity index (χ1) is 6.10. The van der Waals surface area contributed by atoms with Crippen molar-refractivity contribution in [1.29, 1.82) is 0 Å². The van der Waals surface area contributed by atoms with Crippen molar-refractivity contribution in [3.8, 4) is 0 Å². The van der Waals surface area contributed by atoms with Crippen LogP contribution in [0.4, 0.5) is 0 Å². The average molecular weight is 201 g/mol. The lowest BCUT2D eigenvalue weighted by Crippen LogP contribution is -2.22. The molecule has 0 aliphatic heterocycles. The Kier molecular flexibility index (Phi) is 5.89. The van der Waals surface area contributed by atoms with Gasteiger partial charge in [-0.1, -0.05) is 12.7 Å². The molecule has 0 unspecified atom stereocenters. The zero-order chi connectivity index (χ0) is 10.3. The molecule has 0 atom stereocenters. The minimum absolute atomic E-state index is 0.0862. The predicted molar refractivity (Wildman–Crippen MR) is 55.9 cm³/mol. The van der Waals surface area contributed by atoms with Gasteiger partial charge in [0, 0.05) is 6.21 Å². The van der Waals surface area contributed by atoms with Gasteiger partial charge in [0.2, 0.25) is 5.91 Å². The van der Waals surface area contributed by atoms with Gasteiger partial charge in [0.05, 0.1) is 0 Å². The maximum Gasteiger partial charge on any atom is 0.240 e. The first-order valence-electron chi connectivity index (χ1n) is 3.81. The van der Waals surface area contributed by atoms with Gasteiger partial charge in [-0.2, -0.15) is 0 Å². The summed E-state index contributed by atoms with van der Waals surface area (Å²) in [5.41, 5.74) is 1.00. The van der Waals surface area contributed by atoms with Crippen molar-refractivity contribution in [2.24, 2.45) is 4.99 Å². The van der Waals surface area contributed by atoms with E-state index in [9.17, 15) is 4.79 Å². The van der Waals surface area contributed by atoms with Crippen molar-refractivity contribution in [1.82, 2.24) is 5.32 Å². The summed E-state index contributed by atoms with van der Waals surface area (Å²) in [6.45, 7) is 7.34. The van der Waals surface area contributed by atoms with Gasteiger partial charge >= 0.3 is 0 Å². The van der Waals surface area contributed by atoms with Crippen LogP contribution in [-0.4, -0.2) is 18.0 Å². The van der Waals surface area contributed by atoms with Crippen molar-refractivity contribution in [3.63, 3.8) is 0 Å². The van der Waals surface area contributed by atoms with Crippen LogP contribution in [-0.2, 0) is 4.79 Å². The third kappa shape index (κ3) is 6.11. The molecule has 4 heteroatoms. The summed E-state index contributed by atoms with van der Waals surface area (Å²) < 4.78 is 0. The van der Waals surface area contributed by atoms with E-state index >= 15 is 0 Å². The van der Waals surface area contributed by atoms with Crippen molar-refractivity contribution < 1.29 is 4.79 Å². The molecule has 72 valence electrons. The van der Waals surface area contributed by atoms with Gasteiger partial charge in [0.25, 0.3) is 0 Å².